The Labute approximate surface area is 93.1 Å². The van der Waals surface area contributed by atoms with Crippen molar-refractivity contribution in [3.8, 4) is 0 Å². The highest BCUT2D eigenvalue weighted by Crippen LogP contribution is 2.21. The largest absolute Gasteiger partial charge is 0.440 e. The van der Waals surface area contributed by atoms with Gasteiger partial charge in [-0.15, -0.1) is 0 Å². The van der Waals surface area contributed by atoms with Crippen LogP contribution in [0.5, 0.6) is 0 Å². The van der Waals surface area contributed by atoms with E-state index in [9.17, 15) is 4.79 Å². The van der Waals surface area contributed by atoms with Crippen molar-refractivity contribution in [2.24, 2.45) is 10.8 Å². The highest BCUT2D eigenvalue weighted by molar-refractivity contribution is 5.79. The maximum Gasteiger partial charge on any atom is 0.332 e. The average Bonchev–Trinajstić information content (AvgIpc) is 2.85. The molecule has 1 fully saturated rings. The summed E-state index contributed by atoms with van der Waals surface area (Å²) >= 11 is 0. The Morgan fingerprint density at radius 1 is 1.50 bits per heavy atom. The van der Waals surface area contributed by atoms with Crippen molar-refractivity contribution in [2.45, 2.75) is 12.8 Å². The number of hydrogen-bond donors (Lipinski definition) is 2. The number of carbonyl (C=O) groups excluding carboxylic acids is 1. The fraction of sp³-hybridized carbons (Fsp3) is 0.400. The van der Waals surface area contributed by atoms with Crippen LogP contribution in [0.4, 0.5) is 10.7 Å². The zero-order chi connectivity index (χ0) is 11.4. The molecule has 6 nitrogen and oxygen atoms in total. The number of hydrazone groups is 1. The highest BCUT2D eigenvalue weighted by Gasteiger charge is 2.14. The first kappa shape index (κ1) is 10.5. The molecule has 0 aromatic carbocycles. The van der Waals surface area contributed by atoms with Crippen molar-refractivity contribution in [2.75, 3.05) is 18.0 Å². The Balaban J connectivity index is 1.96. The maximum atomic E-state index is 10.4. The Morgan fingerprint density at radius 2 is 2.25 bits per heavy atom. The van der Waals surface area contributed by atoms with Gasteiger partial charge in [-0.2, -0.15) is 5.10 Å². The van der Waals surface area contributed by atoms with E-state index in [1.54, 1.807) is 6.07 Å². The molecule has 6 heteroatoms. The average molecular weight is 222 g/mol. The van der Waals surface area contributed by atoms with Gasteiger partial charge in [0, 0.05) is 19.2 Å². The SMILES string of the molecule is NC(=O)N/N=C\c1ccc(N2CCCC2)o1. The predicted octanol–water partition coefficient (Wildman–Crippen LogP) is 0.882. The van der Waals surface area contributed by atoms with Crippen molar-refractivity contribution >= 4 is 18.1 Å². The number of nitrogens with one attached hydrogen (secondary N) is 1. The van der Waals surface area contributed by atoms with Gasteiger partial charge in [0.2, 0.25) is 0 Å². The van der Waals surface area contributed by atoms with E-state index in [1.165, 1.54) is 19.1 Å². The molecule has 1 aromatic heterocycles. The monoisotopic (exact) mass is 222 g/mol. The van der Waals surface area contributed by atoms with Crippen molar-refractivity contribution in [3.63, 3.8) is 0 Å². The number of primary amides is 1. The van der Waals surface area contributed by atoms with Crippen LogP contribution in [0.1, 0.15) is 18.6 Å². The van der Waals surface area contributed by atoms with Gasteiger partial charge in [0.25, 0.3) is 0 Å². The molecule has 0 atom stereocenters. The zero-order valence-electron chi connectivity index (χ0n) is 8.85. The first-order valence-electron chi connectivity index (χ1n) is 5.19. The van der Waals surface area contributed by atoms with Crippen LogP contribution in [0.2, 0.25) is 0 Å². The summed E-state index contributed by atoms with van der Waals surface area (Å²) in [7, 11) is 0. The molecule has 1 aliphatic rings. The second-order valence-corrected chi connectivity index (χ2v) is 3.60. The Hall–Kier alpha value is -1.98. The first-order chi connectivity index (χ1) is 7.75. The first-order valence-corrected chi connectivity index (χ1v) is 5.19. The molecule has 86 valence electrons. The normalized spacial score (nSPS) is 15.9. The maximum absolute atomic E-state index is 10.4. The number of amides is 2. The van der Waals surface area contributed by atoms with Gasteiger partial charge in [-0.1, -0.05) is 0 Å². The van der Waals surface area contributed by atoms with Crippen LogP contribution >= 0.6 is 0 Å². The minimum Gasteiger partial charge on any atom is -0.440 e. The summed E-state index contributed by atoms with van der Waals surface area (Å²) in [5, 5.41) is 3.62. The fourth-order valence-electron chi connectivity index (χ4n) is 1.68. The van der Waals surface area contributed by atoms with Gasteiger partial charge in [0.1, 0.15) is 5.76 Å². The minimum atomic E-state index is -0.692. The van der Waals surface area contributed by atoms with Gasteiger partial charge in [0.05, 0.1) is 6.21 Å². The molecule has 1 aliphatic heterocycles. The lowest BCUT2D eigenvalue weighted by molar-refractivity contribution is 0.249. The lowest BCUT2D eigenvalue weighted by Gasteiger charge is -2.12. The number of nitrogens with zero attached hydrogens (tertiary/aromatic N) is 2. The molecule has 1 aromatic rings. The Kier molecular flexibility index (Phi) is 3.09. The molecule has 0 spiro atoms. The van der Waals surface area contributed by atoms with Gasteiger partial charge < -0.3 is 15.1 Å². The van der Waals surface area contributed by atoms with E-state index >= 15 is 0 Å². The third kappa shape index (κ3) is 2.53. The number of carbonyl (C=O) groups is 1. The van der Waals surface area contributed by atoms with Crippen LogP contribution < -0.4 is 16.1 Å². The van der Waals surface area contributed by atoms with E-state index in [4.69, 9.17) is 10.2 Å². The minimum absolute atomic E-state index is 0.593. The van der Waals surface area contributed by atoms with Gasteiger partial charge in [-0.05, 0) is 18.9 Å². The summed E-state index contributed by atoms with van der Waals surface area (Å²) in [6, 6.07) is 3.01. The molecule has 0 unspecified atom stereocenters. The van der Waals surface area contributed by atoms with Gasteiger partial charge in [0.15, 0.2) is 5.88 Å². The quantitative estimate of drug-likeness (QED) is 0.588. The summed E-state index contributed by atoms with van der Waals surface area (Å²) in [6.45, 7) is 2.06. The van der Waals surface area contributed by atoms with Gasteiger partial charge >= 0.3 is 6.03 Å². The van der Waals surface area contributed by atoms with E-state index in [0.29, 0.717) is 5.76 Å². The van der Waals surface area contributed by atoms with Crippen molar-refractivity contribution < 1.29 is 9.21 Å². The Bertz CT molecular complexity index is 393. The van der Waals surface area contributed by atoms with E-state index in [0.717, 1.165) is 19.0 Å². The van der Waals surface area contributed by atoms with Gasteiger partial charge in [-0.25, -0.2) is 10.2 Å². The standard InChI is InChI=1S/C10H14N4O2/c11-10(15)13-12-7-8-3-4-9(16-8)14-5-1-2-6-14/h3-4,7H,1-2,5-6H2,(H3,11,13,15)/b12-7-. The summed E-state index contributed by atoms with van der Waals surface area (Å²) < 4.78 is 5.53. The number of anilines is 1. The van der Waals surface area contributed by atoms with E-state index < -0.39 is 6.03 Å². The lowest BCUT2D eigenvalue weighted by atomic mass is 10.4. The molecule has 0 radical (unpaired) electrons. The number of nitrogens with two attached hydrogens (primary N) is 1. The van der Waals surface area contributed by atoms with E-state index in [1.807, 2.05) is 6.07 Å². The molecule has 0 aliphatic carbocycles. The topological polar surface area (TPSA) is 83.9 Å². The molecule has 0 saturated carbocycles. The molecule has 3 N–H and O–H groups in total. The number of furan rings is 1. The second kappa shape index (κ2) is 4.69. The molecule has 16 heavy (non-hydrogen) atoms. The Morgan fingerprint density at radius 3 is 2.94 bits per heavy atom. The van der Waals surface area contributed by atoms with E-state index in [-0.39, 0.29) is 0 Å². The number of hydrogen-bond acceptors (Lipinski definition) is 4. The molecule has 2 rings (SSSR count). The molecule has 0 bridgehead atoms. The molecular weight excluding hydrogens is 208 g/mol. The highest BCUT2D eigenvalue weighted by atomic mass is 16.4. The molecule has 2 heterocycles. The van der Waals surface area contributed by atoms with Crippen LogP contribution in [-0.2, 0) is 0 Å². The van der Waals surface area contributed by atoms with Crippen LogP contribution in [0, 0.1) is 0 Å². The van der Waals surface area contributed by atoms with Crippen molar-refractivity contribution in [1.29, 1.82) is 0 Å². The third-order valence-corrected chi connectivity index (χ3v) is 2.40. The van der Waals surface area contributed by atoms with Crippen LogP contribution in [0.25, 0.3) is 0 Å². The van der Waals surface area contributed by atoms with Crippen molar-refractivity contribution in [1.82, 2.24) is 5.43 Å². The summed E-state index contributed by atoms with van der Waals surface area (Å²) in [5.41, 5.74) is 6.97. The molecule has 1 saturated heterocycles. The summed E-state index contributed by atoms with van der Waals surface area (Å²) in [6.07, 6.45) is 3.82. The third-order valence-electron chi connectivity index (χ3n) is 2.40. The predicted molar refractivity (Wildman–Crippen MR) is 60.5 cm³/mol. The zero-order valence-corrected chi connectivity index (χ0v) is 8.85. The van der Waals surface area contributed by atoms with Crippen LogP contribution in [0.3, 0.4) is 0 Å². The number of urea groups is 1. The van der Waals surface area contributed by atoms with Crippen LogP contribution in [-0.4, -0.2) is 25.3 Å². The summed E-state index contributed by atoms with van der Waals surface area (Å²) in [5.74, 6) is 1.44. The smallest absolute Gasteiger partial charge is 0.332 e. The van der Waals surface area contributed by atoms with Crippen molar-refractivity contribution in [3.05, 3.63) is 17.9 Å². The summed E-state index contributed by atoms with van der Waals surface area (Å²) in [4.78, 5) is 12.5. The van der Waals surface area contributed by atoms with Gasteiger partial charge in [-0.3, -0.25) is 0 Å². The molecular formula is C10H14N4O2. The second-order valence-electron chi connectivity index (χ2n) is 3.60. The number of rotatable bonds is 3. The molecule has 2 amide bonds. The van der Waals surface area contributed by atoms with E-state index in [2.05, 4.69) is 15.4 Å². The fourth-order valence-corrected chi connectivity index (χ4v) is 1.68. The van der Waals surface area contributed by atoms with Crippen LogP contribution in [0.15, 0.2) is 21.7 Å². The lowest BCUT2D eigenvalue weighted by Crippen LogP contribution is -2.24.